The molecule has 3 aromatic rings. The number of hydrogen-bond donors (Lipinski definition) is 0. The molecule has 4 nitrogen and oxygen atoms in total. The van der Waals surface area contributed by atoms with Gasteiger partial charge >= 0.3 is 0 Å². The number of fused-ring (bicyclic) bond motifs is 2. The van der Waals surface area contributed by atoms with Gasteiger partial charge in [0.05, 0.1) is 18.4 Å². The van der Waals surface area contributed by atoms with Crippen LogP contribution in [-0.2, 0) is 7.05 Å². The first-order chi connectivity index (χ1) is 11.7. The molecule has 2 heterocycles. The highest BCUT2D eigenvalue weighted by Gasteiger charge is 2.25. The number of hydrogen-bond acceptors (Lipinski definition) is 4. The fourth-order valence-electron chi connectivity index (χ4n) is 2.89. The van der Waals surface area contributed by atoms with Crippen LogP contribution in [0.25, 0.3) is 16.3 Å². The fourth-order valence-corrected chi connectivity index (χ4v) is 3.99. The molecule has 4 rings (SSSR count). The minimum absolute atomic E-state index is 0. The van der Waals surface area contributed by atoms with Crippen LogP contribution in [0.5, 0.6) is 11.5 Å². The minimum atomic E-state index is 0. The maximum absolute atomic E-state index is 5.99. The van der Waals surface area contributed by atoms with E-state index in [2.05, 4.69) is 40.8 Å². The van der Waals surface area contributed by atoms with E-state index >= 15 is 0 Å². The average Bonchev–Trinajstić information content (AvgIpc) is 3.06. The lowest BCUT2D eigenvalue weighted by Gasteiger charge is -2.09. The van der Waals surface area contributed by atoms with Crippen molar-refractivity contribution < 1.29 is 38.0 Å². The number of thiazole rings is 1. The Kier molecular flexibility index (Phi) is 5.19. The van der Waals surface area contributed by atoms with E-state index in [1.165, 1.54) is 10.2 Å². The van der Waals surface area contributed by atoms with E-state index in [0.29, 0.717) is 6.61 Å². The normalized spacial score (nSPS) is 14.4. The SMILES string of the molecule is CCOc1ccc2c(c1)sc(/C=C1\Oc3ccccc3N1C)[n+]2C.[I-]. The molecule has 0 bridgehead atoms. The van der Waals surface area contributed by atoms with Crippen molar-refractivity contribution in [2.45, 2.75) is 6.92 Å². The first-order valence-electron chi connectivity index (χ1n) is 7.95. The van der Waals surface area contributed by atoms with Gasteiger partial charge in [0.1, 0.15) is 17.5 Å². The standard InChI is InChI=1S/C19H19N2O2S.HI/c1-4-22-13-9-10-15-17(11-13)24-19(21(15)3)12-18-20(2)14-7-5-6-8-16(14)23-18;/h5-12H,4H2,1-3H3;1H/q+1;/p-1. The zero-order chi connectivity index (χ0) is 16.7. The molecule has 0 saturated heterocycles. The Morgan fingerprint density at radius 1 is 1.24 bits per heavy atom. The first-order valence-corrected chi connectivity index (χ1v) is 8.76. The van der Waals surface area contributed by atoms with Gasteiger partial charge in [-0.05, 0) is 25.1 Å². The minimum Gasteiger partial charge on any atom is -1.00 e. The summed E-state index contributed by atoms with van der Waals surface area (Å²) in [5.74, 6) is 2.64. The van der Waals surface area contributed by atoms with Crippen LogP contribution in [0.3, 0.4) is 0 Å². The van der Waals surface area contributed by atoms with E-state index in [4.69, 9.17) is 9.47 Å². The van der Waals surface area contributed by atoms with Gasteiger partial charge in [-0.25, -0.2) is 0 Å². The molecule has 0 aliphatic carbocycles. The zero-order valence-electron chi connectivity index (χ0n) is 14.3. The molecule has 1 aromatic heterocycles. The lowest BCUT2D eigenvalue weighted by atomic mass is 10.3. The smallest absolute Gasteiger partial charge is 0.267 e. The predicted molar refractivity (Wildman–Crippen MR) is 97.6 cm³/mol. The highest BCUT2D eigenvalue weighted by Crippen LogP contribution is 2.38. The summed E-state index contributed by atoms with van der Waals surface area (Å²) in [6, 6.07) is 14.3. The van der Waals surface area contributed by atoms with Crippen LogP contribution in [0, 0.1) is 0 Å². The highest BCUT2D eigenvalue weighted by molar-refractivity contribution is 7.18. The van der Waals surface area contributed by atoms with Gasteiger partial charge < -0.3 is 38.4 Å². The Morgan fingerprint density at radius 3 is 2.80 bits per heavy atom. The summed E-state index contributed by atoms with van der Waals surface area (Å²) < 4.78 is 15.0. The third kappa shape index (κ3) is 3.20. The van der Waals surface area contributed by atoms with E-state index in [1.54, 1.807) is 11.3 Å². The van der Waals surface area contributed by atoms with Crippen LogP contribution < -0.4 is 42.9 Å². The molecule has 25 heavy (non-hydrogen) atoms. The first kappa shape index (κ1) is 18.0. The van der Waals surface area contributed by atoms with Gasteiger partial charge in [0, 0.05) is 19.2 Å². The molecule has 0 fully saturated rings. The van der Waals surface area contributed by atoms with Crippen molar-refractivity contribution in [2.24, 2.45) is 7.05 Å². The van der Waals surface area contributed by atoms with Crippen LogP contribution in [0.15, 0.2) is 48.3 Å². The second-order valence-corrected chi connectivity index (χ2v) is 6.74. The molecule has 1 aliphatic heterocycles. The van der Waals surface area contributed by atoms with Gasteiger partial charge in [0.2, 0.25) is 11.4 Å². The number of aryl methyl sites for hydroxylation is 1. The molecule has 0 N–H and O–H groups in total. The van der Waals surface area contributed by atoms with Gasteiger partial charge in [-0.3, -0.25) is 0 Å². The molecule has 0 radical (unpaired) electrons. The number of anilines is 1. The molecule has 130 valence electrons. The summed E-state index contributed by atoms with van der Waals surface area (Å²) in [5, 5.41) is 1.13. The van der Waals surface area contributed by atoms with Crippen molar-refractivity contribution in [3.63, 3.8) is 0 Å². The van der Waals surface area contributed by atoms with Crippen molar-refractivity contribution in [2.75, 3.05) is 18.6 Å². The molecular formula is C19H19IN2O2S. The number of nitrogens with zero attached hydrogens (tertiary/aromatic N) is 2. The Hall–Kier alpha value is -1.80. The van der Waals surface area contributed by atoms with Crippen LogP contribution in [0.1, 0.15) is 11.9 Å². The van der Waals surface area contributed by atoms with E-state index < -0.39 is 0 Å². The summed E-state index contributed by atoms with van der Waals surface area (Å²) in [4.78, 5) is 2.07. The Bertz CT molecular complexity index is 952. The van der Waals surface area contributed by atoms with Gasteiger partial charge in [-0.15, -0.1) is 0 Å². The molecule has 0 unspecified atom stereocenters. The summed E-state index contributed by atoms with van der Waals surface area (Å²) >= 11 is 1.73. The molecule has 6 heteroatoms. The van der Waals surface area contributed by atoms with Crippen molar-refractivity contribution >= 4 is 33.3 Å². The topological polar surface area (TPSA) is 25.6 Å². The van der Waals surface area contributed by atoms with Gasteiger partial charge in [-0.1, -0.05) is 23.5 Å². The zero-order valence-corrected chi connectivity index (χ0v) is 17.3. The lowest BCUT2D eigenvalue weighted by Crippen LogP contribution is -3.00. The quantitative estimate of drug-likeness (QED) is 0.425. The summed E-state index contributed by atoms with van der Waals surface area (Å²) in [6.45, 7) is 2.68. The Balaban J connectivity index is 0.00000182. The maximum Gasteiger partial charge on any atom is 0.267 e. The number of ether oxygens (including phenoxy) is 2. The highest BCUT2D eigenvalue weighted by atomic mass is 127. The van der Waals surface area contributed by atoms with E-state index in [9.17, 15) is 0 Å². The van der Waals surface area contributed by atoms with Crippen molar-refractivity contribution in [3.8, 4) is 11.5 Å². The Labute approximate surface area is 168 Å². The second-order valence-electron chi connectivity index (χ2n) is 5.67. The van der Waals surface area contributed by atoms with Crippen molar-refractivity contribution in [1.82, 2.24) is 0 Å². The number of aromatic nitrogens is 1. The number of rotatable bonds is 3. The molecule has 2 aromatic carbocycles. The molecule has 0 spiro atoms. The third-order valence-corrected chi connectivity index (χ3v) is 5.32. The second kappa shape index (κ2) is 7.21. The van der Waals surface area contributed by atoms with Gasteiger partial charge in [-0.2, -0.15) is 4.57 Å². The van der Waals surface area contributed by atoms with Crippen LogP contribution >= 0.6 is 11.3 Å². The molecule has 0 saturated carbocycles. The van der Waals surface area contributed by atoms with Crippen molar-refractivity contribution in [1.29, 1.82) is 0 Å². The lowest BCUT2D eigenvalue weighted by molar-refractivity contribution is -0.642. The Morgan fingerprint density at radius 2 is 2.04 bits per heavy atom. The molecular weight excluding hydrogens is 447 g/mol. The monoisotopic (exact) mass is 466 g/mol. The summed E-state index contributed by atoms with van der Waals surface area (Å²) in [7, 11) is 4.10. The van der Waals surface area contributed by atoms with Crippen LogP contribution in [0.2, 0.25) is 0 Å². The van der Waals surface area contributed by atoms with E-state index in [0.717, 1.165) is 28.1 Å². The molecule has 0 amide bonds. The maximum atomic E-state index is 5.99. The largest absolute Gasteiger partial charge is 1.00 e. The predicted octanol–water partition coefficient (Wildman–Crippen LogP) is 0.956. The van der Waals surface area contributed by atoms with Crippen LogP contribution in [0.4, 0.5) is 5.69 Å². The number of para-hydroxylation sites is 2. The molecule has 1 aliphatic rings. The van der Waals surface area contributed by atoms with E-state index in [1.807, 2.05) is 38.2 Å². The van der Waals surface area contributed by atoms with E-state index in [-0.39, 0.29) is 24.0 Å². The van der Waals surface area contributed by atoms with Gasteiger partial charge in [0.25, 0.3) is 5.01 Å². The number of benzene rings is 2. The number of halogens is 1. The fraction of sp³-hybridized carbons (Fsp3) is 0.211. The van der Waals surface area contributed by atoms with Crippen molar-refractivity contribution in [3.05, 3.63) is 53.4 Å². The third-order valence-electron chi connectivity index (χ3n) is 4.17. The average molecular weight is 466 g/mol. The van der Waals surface area contributed by atoms with Gasteiger partial charge in [0.15, 0.2) is 5.75 Å². The molecule has 0 atom stereocenters. The van der Waals surface area contributed by atoms with Crippen LogP contribution in [-0.4, -0.2) is 13.7 Å². The summed E-state index contributed by atoms with van der Waals surface area (Å²) in [5.41, 5.74) is 2.28. The summed E-state index contributed by atoms with van der Waals surface area (Å²) in [6.07, 6.45) is 2.09.